The molecule has 146 valence electrons. The van der Waals surface area contributed by atoms with Gasteiger partial charge in [0, 0.05) is 21.7 Å². The summed E-state index contributed by atoms with van der Waals surface area (Å²) in [4.78, 5) is 37.2. The highest BCUT2D eigenvalue weighted by Gasteiger charge is 2.26. The summed E-state index contributed by atoms with van der Waals surface area (Å²) in [6.45, 7) is 5.27. The van der Waals surface area contributed by atoms with E-state index in [1.807, 2.05) is 0 Å². The maximum Gasteiger partial charge on any atom is 0.272 e. The first-order valence-electron chi connectivity index (χ1n) is 8.69. The van der Waals surface area contributed by atoms with E-state index in [1.54, 1.807) is 75.4 Å². The van der Waals surface area contributed by atoms with Crippen LogP contribution in [0.5, 0.6) is 0 Å². The van der Waals surface area contributed by atoms with Crippen LogP contribution in [0.2, 0.25) is 5.02 Å². The highest BCUT2D eigenvalue weighted by atomic mass is 35.5. The van der Waals surface area contributed by atoms with Crippen LogP contribution in [-0.2, 0) is 9.59 Å². The molecule has 0 aromatic heterocycles. The van der Waals surface area contributed by atoms with Crippen molar-refractivity contribution in [3.05, 3.63) is 65.2 Å². The van der Waals surface area contributed by atoms with Gasteiger partial charge in [-0.25, -0.2) is 5.43 Å². The van der Waals surface area contributed by atoms with Crippen molar-refractivity contribution in [3.63, 3.8) is 0 Å². The Morgan fingerprint density at radius 1 is 0.964 bits per heavy atom. The zero-order chi connectivity index (χ0) is 20.7. The highest BCUT2D eigenvalue weighted by Crippen LogP contribution is 2.18. The summed E-state index contributed by atoms with van der Waals surface area (Å²) in [6.07, 6.45) is -0.210. The second-order valence-electron chi connectivity index (χ2n) is 7.18. The number of rotatable bonds is 6. The molecule has 2 aromatic rings. The van der Waals surface area contributed by atoms with Crippen LogP contribution in [-0.4, -0.2) is 23.3 Å². The zero-order valence-corrected chi connectivity index (χ0v) is 16.7. The summed E-state index contributed by atoms with van der Waals surface area (Å²) >= 11 is 5.84. The number of anilines is 1. The molecule has 0 saturated heterocycles. The fourth-order valence-corrected chi connectivity index (χ4v) is 2.22. The molecule has 0 heterocycles. The van der Waals surface area contributed by atoms with Crippen molar-refractivity contribution < 1.29 is 14.4 Å². The summed E-state index contributed by atoms with van der Waals surface area (Å²) in [5, 5.41) is 7.12. The maximum atomic E-state index is 12.6. The third kappa shape index (κ3) is 6.32. The Morgan fingerprint density at radius 3 is 2.14 bits per heavy atom. The van der Waals surface area contributed by atoms with Gasteiger partial charge in [-0.15, -0.1) is 0 Å². The standard InChI is InChI=1S/C21H22ClN3O3/c1-21(2,3)18(26)13-17(20(28)23-16-11-9-15(22)10-12-16)24-25-19(27)14-7-5-4-6-8-14/h4-12H,13H2,1-3H3,(H,23,28)(H,25,27). The number of Topliss-reactive ketones (excluding diaryl/α,β-unsaturated/α-hetero) is 1. The van der Waals surface area contributed by atoms with Gasteiger partial charge in [0.15, 0.2) is 0 Å². The Morgan fingerprint density at radius 2 is 1.57 bits per heavy atom. The van der Waals surface area contributed by atoms with Gasteiger partial charge in [-0.2, -0.15) is 5.10 Å². The molecule has 0 fully saturated rings. The minimum absolute atomic E-state index is 0.0841. The van der Waals surface area contributed by atoms with E-state index < -0.39 is 17.2 Å². The van der Waals surface area contributed by atoms with Crippen molar-refractivity contribution in [1.82, 2.24) is 5.43 Å². The number of carbonyl (C=O) groups excluding carboxylic acids is 3. The zero-order valence-electron chi connectivity index (χ0n) is 16.0. The lowest BCUT2D eigenvalue weighted by atomic mass is 9.87. The van der Waals surface area contributed by atoms with Crippen LogP contribution in [0, 0.1) is 5.41 Å². The number of hydrogen-bond acceptors (Lipinski definition) is 4. The van der Waals surface area contributed by atoms with Crippen molar-refractivity contribution in [2.45, 2.75) is 27.2 Å². The SMILES string of the molecule is CC(C)(C)C(=O)CC(=NNC(=O)c1ccccc1)C(=O)Nc1ccc(Cl)cc1. The molecular formula is C21H22ClN3O3. The molecule has 0 aliphatic carbocycles. The van der Waals surface area contributed by atoms with Crippen LogP contribution in [0.15, 0.2) is 59.7 Å². The Hall–Kier alpha value is -2.99. The van der Waals surface area contributed by atoms with E-state index >= 15 is 0 Å². The molecule has 0 aliphatic rings. The predicted molar refractivity (Wildman–Crippen MR) is 111 cm³/mol. The van der Waals surface area contributed by atoms with Gasteiger partial charge < -0.3 is 5.32 Å². The van der Waals surface area contributed by atoms with Crippen molar-refractivity contribution >= 4 is 40.6 Å². The second-order valence-corrected chi connectivity index (χ2v) is 7.61. The third-order valence-corrected chi connectivity index (χ3v) is 4.11. The molecule has 0 saturated carbocycles. The monoisotopic (exact) mass is 399 g/mol. The van der Waals surface area contributed by atoms with E-state index in [-0.39, 0.29) is 17.9 Å². The van der Waals surface area contributed by atoms with Crippen LogP contribution in [0.25, 0.3) is 0 Å². The summed E-state index contributed by atoms with van der Waals surface area (Å²) in [5.74, 6) is -1.22. The first-order chi connectivity index (χ1) is 13.2. The molecule has 0 spiro atoms. The number of benzene rings is 2. The number of carbonyl (C=O) groups is 3. The maximum absolute atomic E-state index is 12.6. The van der Waals surface area contributed by atoms with Crippen molar-refractivity contribution in [2.75, 3.05) is 5.32 Å². The average molecular weight is 400 g/mol. The third-order valence-electron chi connectivity index (χ3n) is 3.86. The van der Waals surface area contributed by atoms with Gasteiger partial charge >= 0.3 is 0 Å². The van der Waals surface area contributed by atoms with E-state index in [1.165, 1.54) is 0 Å². The molecule has 2 N–H and O–H groups in total. The molecule has 0 bridgehead atoms. The Balaban J connectivity index is 2.20. The molecule has 0 unspecified atom stereocenters. The van der Waals surface area contributed by atoms with Crippen molar-refractivity contribution in [1.29, 1.82) is 0 Å². The molecule has 7 heteroatoms. The fraction of sp³-hybridized carbons (Fsp3) is 0.238. The molecule has 0 atom stereocenters. The fourth-order valence-electron chi connectivity index (χ4n) is 2.10. The molecule has 6 nitrogen and oxygen atoms in total. The van der Waals surface area contributed by atoms with Crippen molar-refractivity contribution in [2.24, 2.45) is 10.5 Å². The lowest BCUT2D eigenvalue weighted by molar-refractivity contribution is -0.125. The van der Waals surface area contributed by atoms with E-state index in [4.69, 9.17) is 11.6 Å². The first kappa shape index (κ1) is 21.3. The van der Waals surface area contributed by atoms with E-state index in [2.05, 4.69) is 15.8 Å². The van der Waals surface area contributed by atoms with Gasteiger partial charge in [-0.1, -0.05) is 50.6 Å². The molecule has 2 amide bonds. The molecule has 28 heavy (non-hydrogen) atoms. The molecule has 0 aliphatic heterocycles. The number of halogens is 1. The number of ketones is 1. The van der Waals surface area contributed by atoms with Gasteiger partial charge in [0.2, 0.25) is 0 Å². The number of nitrogens with zero attached hydrogens (tertiary/aromatic N) is 1. The summed E-state index contributed by atoms with van der Waals surface area (Å²) in [5.41, 5.74) is 2.51. The lowest BCUT2D eigenvalue weighted by Gasteiger charge is -2.17. The van der Waals surface area contributed by atoms with Crippen LogP contribution < -0.4 is 10.7 Å². The van der Waals surface area contributed by atoms with Gasteiger partial charge in [-0.3, -0.25) is 14.4 Å². The molecule has 2 rings (SSSR count). The lowest BCUT2D eigenvalue weighted by Crippen LogP contribution is -2.32. The van der Waals surface area contributed by atoms with Gasteiger partial charge in [0.1, 0.15) is 11.5 Å². The summed E-state index contributed by atoms with van der Waals surface area (Å²) < 4.78 is 0. The molecule has 0 radical (unpaired) electrons. The van der Waals surface area contributed by atoms with Gasteiger partial charge in [0.05, 0.1) is 6.42 Å². The van der Waals surface area contributed by atoms with Crippen LogP contribution in [0.1, 0.15) is 37.6 Å². The second kappa shape index (κ2) is 9.28. The van der Waals surface area contributed by atoms with E-state index in [0.717, 1.165) is 0 Å². The highest BCUT2D eigenvalue weighted by molar-refractivity contribution is 6.45. The smallest absolute Gasteiger partial charge is 0.272 e. The topological polar surface area (TPSA) is 87.6 Å². The normalized spacial score (nSPS) is 11.6. The Kier molecular flexibility index (Phi) is 7.06. The number of hydrazone groups is 1. The minimum atomic E-state index is -0.648. The molecule has 2 aromatic carbocycles. The predicted octanol–water partition coefficient (Wildman–Crippen LogP) is 4.07. The van der Waals surface area contributed by atoms with Crippen LogP contribution >= 0.6 is 11.6 Å². The first-order valence-corrected chi connectivity index (χ1v) is 9.07. The summed E-state index contributed by atoms with van der Waals surface area (Å²) in [6, 6.07) is 15.0. The number of nitrogens with one attached hydrogen (secondary N) is 2. The average Bonchev–Trinajstić information content (AvgIpc) is 2.66. The molecular weight excluding hydrogens is 378 g/mol. The quantitative estimate of drug-likeness (QED) is 0.567. The van der Waals surface area contributed by atoms with E-state index in [9.17, 15) is 14.4 Å². The van der Waals surface area contributed by atoms with Gasteiger partial charge in [0.25, 0.3) is 11.8 Å². The van der Waals surface area contributed by atoms with E-state index in [0.29, 0.717) is 16.3 Å². The summed E-state index contributed by atoms with van der Waals surface area (Å²) in [7, 11) is 0. The van der Waals surface area contributed by atoms with Gasteiger partial charge in [-0.05, 0) is 36.4 Å². The van der Waals surface area contributed by atoms with Crippen molar-refractivity contribution in [3.8, 4) is 0 Å². The van der Waals surface area contributed by atoms with Crippen LogP contribution in [0.4, 0.5) is 5.69 Å². The number of amides is 2. The number of hydrogen-bond donors (Lipinski definition) is 2. The Labute approximate surface area is 169 Å². The van der Waals surface area contributed by atoms with Crippen LogP contribution in [0.3, 0.4) is 0 Å². The Bertz CT molecular complexity index is 885. The largest absolute Gasteiger partial charge is 0.321 e. The minimum Gasteiger partial charge on any atom is -0.321 e.